The molecule has 2 N–H and O–H groups in total. The van der Waals surface area contributed by atoms with Gasteiger partial charge in [0.25, 0.3) is 10.0 Å². The lowest BCUT2D eigenvalue weighted by molar-refractivity contribution is 0.601. The number of hydrogen-bond acceptors (Lipinski definition) is 4. The Hall–Kier alpha value is -2.12. The molecule has 0 unspecified atom stereocenters. The topological polar surface area (TPSA) is 74.8 Å². The van der Waals surface area contributed by atoms with Crippen molar-refractivity contribution in [1.29, 1.82) is 0 Å². The molecule has 0 radical (unpaired) electrons. The second-order valence-corrected chi connectivity index (χ2v) is 9.79. The van der Waals surface area contributed by atoms with E-state index in [1.165, 1.54) is 16.9 Å². The lowest BCUT2D eigenvalue weighted by atomic mass is 10.0. The van der Waals surface area contributed by atoms with E-state index in [2.05, 4.69) is 28.8 Å². The van der Waals surface area contributed by atoms with Gasteiger partial charge in [-0.05, 0) is 50.5 Å². The van der Waals surface area contributed by atoms with Crippen molar-refractivity contribution in [3.63, 3.8) is 0 Å². The van der Waals surface area contributed by atoms with E-state index in [0.29, 0.717) is 27.8 Å². The number of aromatic amines is 1. The van der Waals surface area contributed by atoms with Gasteiger partial charge in [0.2, 0.25) is 0 Å². The maximum atomic E-state index is 13.1. The van der Waals surface area contributed by atoms with Gasteiger partial charge in [0, 0.05) is 26.7 Å². The maximum absolute atomic E-state index is 13.1. The highest BCUT2D eigenvalue weighted by Gasteiger charge is 2.27. The van der Waals surface area contributed by atoms with E-state index in [1.807, 2.05) is 39.0 Å². The number of anilines is 1. The van der Waals surface area contributed by atoms with Gasteiger partial charge in [-0.25, -0.2) is 8.42 Å². The molecule has 7 heteroatoms. The van der Waals surface area contributed by atoms with Crippen molar-refractivity contribution in [3.05, 3.63) is 51.3 Å². The zero-order valence-electron chi connectivity index (χ0n) is 15.5. The fraction of sp³-hybridized carbons (Fsp3) is 0.316. The van der Waals surface area contributed by atoms with Crippen LogP contribution in [0.2, 0.25) is 0 Å². The van der Waals surface area contributed by atoms with Gasteiger partial charge in [-0.2, -0.15) is 5.10 Å². The number of rotatable bonds is 5. The Morgan fingerprint density at radius 2 is 1.73 bits per heavy atom. The number of nitrogens with one attached hydrogen (secondary N) is 2. The van der Waals surface area contributed by atoms with Gasteiger partial charge in [-0.3, -0.25) is 9.82 Å². The minimum atomic E-state index is -3.72. The smallest absolute Gasteiger partial charge is 0.263 e. The molecule has 0 atom stereocenters. The van der Waals surface area contributed by atoms with Crippen LogP contribution >= 0.6 is 11.3 Å². The summed E-state index contributed by atoms with van der Waals surface area (Å²) >= 11 is 1.47. The summed E-state index contributed by atoms with van der Waals surface area (Å²) in [5, 5.41) is 7.15. The van der Waals surface area contributed by atoms with Crippen molar-refractivity contribution >= 4 is 27.0 Å². The summed E-state index contributed by atoms with van der Waals surface area (Å²) in [7, 11) is -3.72. The average Bonchev–Trinajstić information content (AvgIpc) is 3.10. The van der Waals surface area contributed by atoms with Crippen LogP contribution < -0.4 is 4.72 Å². The van der Waals surface area contributed by atoms with Crippen LogP contribution in [0.25, 0.3) is 11.3 Å². The highest BCUT2D eigenvalue weighted by Crippen LogP contribution is 2.39. The van der Waals surface area contributed by atoms with Crippen molar-refractivity contribution in [2.45, 2.75) is 45.4 Å². The van der Waals surface area contributed by atoms with Crippen molar-refractivity contribution in [1.82, 2.24) is 10.2 Å². The van der Waals surface area contributed by atoms with E-state index in [-0.39, 0.29) is 0 Å². The number of sulfonamides is 1. The van der Waals surface area contributed by atoms with E-state index < -0.39 is 10.0 Å². The first-order chi connectivity index (χ1) is 12.2. The second kappa shape index (κ2) is 6.89. The number of H-pyrrole nitrogens is 1. The van der Waals surface area contributed by atoms with E-state index in [0.717, 1.165) is 15.4 Å². The van der Waals surface area contributed by atoms with Crippen LogP contribution in [0.4, 0.5) is 5.69 Å². The Morgan fingerprint density at radius 1 is 1.08 bits per heavy atom. The molecule has 0 spiro atoms. The summed E-state index contributed by atoms with van der Waals surface area (Å²) in [4.78, 5) is 1.99. The molecule has 0 aliphatic carbocycles. The lowest BCUT2D eigenvalue weighted by Crippen LogP contribution is -2.14. The van der Waals surface area contributed by atoms with Gasteiger partial charge in [0.05, 0.1) is 5.69 Å². The zero-order valence-corrected chi connectivity index (χ0v) is 17.2. The fourth-order valence-corrected chi connectivity index (χ4v) is 5.91. The van der Waals surface area contributed by atoms with Gasteiger partial charge in [0.15, 0.2) is 0 Å². The quantitative estimate of drug-likeness (QED) is 0.646. The van der Waals surface area contributed by atoms with Gasteiger partial charge >= 0.3 is 0 Å². The first kappa shape index (κ1) is 18.7. The molecule has 0 saturated carbocycles. The highest BCUT2D eigenvalue weighted by atomic mass is 32.2. The minimum absolute atomic E-state index is 0.305. The molecule has 2 aromatic heterocycles. The third-order valence-corrected chi connectivity index (χ3v) is 6.97. The molecule has 0 fully saturated rings. The Labute approximate surface area is 158 Å². The van der Waals surface area contributed by atoms with Crippen molar-refractivity contribution < 1.29 is 8.42 Å². The minimum Gasteiger partial charge on any atom is -0.282 e. The molecule has 0 aliphatic rings. The molecule has 0 saturated heterocycles. The van der Waals surface area contributed by atoms with Crippen LogP contribution in [0.1, 0.15) is 40.8 Å². The van der Waals surface area contributed by atoms with Gasteiger partial charge in [-0.15, -0.1) is 11.3 Å². The molecule has 5 nitrogen and oxygen atoms in total. The molecule has 26 heavy (non-hydrogen) atoms. The molecule has 2 heterocycles. The second-order valence-electron chi connectivity index (χ2n) is 6.74. The van der Waals surface area contributed by atoms with Crippen LogP contribution in [0.5, 0.6) is 0 Å². The van der Waals surface area contributed by atoms with Crippen LogP contribution in [0, 0.1) is 20.8 Å². The van der Waals surface area contributed by atoms with Crippen molar-refractivity contribution in [2.75, 3.05) is 4.72 Å². The average molecular weight is 390 g/mol. The summed E-state index contributed by atoms with van der Waals surface area (Å²) in [6.45, 7) is 9.86. The number of aromatic nitrogens is 2. The van der Waals surface area contributed by atoms with Gasteiger partial charge in [0.1, 0.15) is 4.90 Å². The summed E-state index contributed by atoms with van der Waals surface area (Å²) in [5.74, 6) is 0.400. The van der Waals surface area contributed by atoms with Crippen LogP contribution in [-0.2, 0) is 10.0 Å². The summed E-state index contributed by atoms with van der Waals surface area (Å²) in [6.07, 6.45) is 0. The Morgan fingerprint density at radius 3 is 2.27 bits per heavy atom. The predicted molar refractivity (Wildman–Crippen MR) is 107 cm³/mol. The fourth-order valence-electron chi connectivity index (χ4n) is 2.97. The normalized spacial score (nSPS) is 11.9. The molecule has 3 aromatic rings. The predicted octanol–water partition coefficient (Wildman–Crippen LogP) is 4.99. The number of hydrogen-bond donors (Lipinski definition) is 2. The Kier molecular flexibility index (Phi) is 4.94. The molecule has 0 amide bonds. The molecule has 1 aromatic carbocycles. The SMILES string of the molecule is Cc1cc(-c2c(C)sc(C)c2S(=O)(=O)Nc2ccc(C(C)C)cc2)n[nH]1. The van der Waals surface area contributed by atoms with E-state index in [1.54, 1.807) is 12.1 Å². The summed E-state index contributed by atoms with van der Waals surface area (Å²) in [6, 6.07) is 9.38. The zero-order chi connectivity index (χ0) is 19.1. The monoisotopic (exact) mass is 389 g/mol. The molecule has 0 bridgehead atoms. The van der Waals surface area contributed by atoms with Crippen LogP contribution in [0.3, 0.4) is 0 Å². The lowest BCUT2D eigenvalue weighted by Gasteiger charge is -2.11. The maximum Gasteiger partial charge on any atom is 0.263 e. The highest BCUT2D eigenvalue weighted by molar-refractivity contribution is 7.93. The molecule has 3 rings (SSSR count). The van der Waals surface area contributed by atoms with Crippen LogP contribution in [-0.4, -0.2) is 18.6 Å². The summed E-state index contributed by atoms with van der Waals surface area (Å²) in [5.41, 5.74) is 3.94. The molecular weight excluding hydrogens is 366 g/mol. The van der Waals surface area contributed by atoms with E-state index in [9.17, 15) is 8.42 Å². The molecule has 138 valence electrons. The van der Waals surface area contributed by atoms with E-state index in [4.69, 9.17) is 0 Å². The van der Waals surface area contributed by atoms with Crippen molar-refractivity contribution in [2.24, 2.45) is 0 Å². The standard InChI is InChI=1S/C19H23N3O2S2/c1-11(2)15-6-8-16(9-7-15)22-26(23,24)19-14(5)25-13(4)18(19)17-10-12(3)20-21-17/h6-11,22H,1-5H3,(H,20,21). The first-order valence-corrected chi connectivity index (χ1v) is 10.7. The Bertz CT molecular complexity index is 1030. The van der Waals surface area contributed by atoms with Gasteiger partial charge in [-0.1, -0.05) is 26.0 Å². The number of nitrogens with zero attached hydrogens (tertiary/aromatic N) is 1. The Balaban J connectivity index is 2.02. The number of thiophene rings is 1. The van der Waals surface area contributed by atoms with Crippen LogP contribution in [0.15, 0.2) is 35.2 Å². The third-order valence-electron chi connectivity index (χ3n) is 4.27. The number of benzene rings is 1. The van der Waals surface area contributed by atoms with E-state index >= 15 is 0 Å². The molecule has 0 aliphatic heterocycles. The molecular formula is C19H23N3O2S2. The third kappa shape index (κ3) is 3.54. The first-order valence-electron chi connectivity index (χ1n) is 8.44. The summed E-state index contributed by atoms with van der Waals surface area (Å²) < 4.78 is 28.9. The van der Waals surface area contributed by atoms with Gasteiger partial charge < -0.3 is 0 Å². The number of aryl methyl sites for hydroxylation is 3. The largest absolute Gasteiger partial charge is 0.282 e. The van der Waals surface area contributed by atoms with Crippen molar-refractivity contribution in [3.8, 4) is 11.3 Å².